The number of carbonyl (C=O) groups is 1. The molecule has 18 heavy (non-hydrogen) atoms. The van der Waals surface area contributed by atoms with Crippen LogP contribution in [0.25, 0.3) is 10.8 Å². The van der Waals surface area contributed by atoms with Gasteiger partial charge in [-0.1, -0.05) is 18.2 Å². The van der Waals surface area contributed by atoms with Gasteiger partial charge in [0.15, 0.2) is 0 Å². The van der Waals surface area contributed by atoms with E-state index in [-0.39, 0.29) is 23.6 Å². The molecule has 0 atom stereocenters. The van der Waals surface area contributed by atoms with Gasteiger partial charge < -0.3 is 9.84 Å². The van der Waals surface area contributed by atoms with Crippen molar-refractivity contribution >= 4 is 16.7 Å². The highest BCUT2D eigenvalue weighted by molar-refractivity contribution is 6.06. The van der Waals surface area contributed by atoms with Crippen LogP contribution in [0.3, 0.4) is 0 Å². The van der Waals surface area contributed by atoms with Crippen molar-refractivity contribution in [3.05, 3.63) is 40.2 Å². The molecule has 0 aliphatic carbocycles. The smallest absolute Gasteiger partial charge is 0.344 e. The van der Waals surface area contributed by atoms with E-state index in [9.17, 15) is 14.7 Å². The van der Waals surface area contributed by atoms with Crippen molar-refractivity contribution in [2.45, 2.75) is 6.92 Å². The molecule has 5 heteroatoms. The number of rotatable bonds is 2. The number of esters is 1. The van der Waals surface area contributed by atoms with Crippen LogP contribution < -0.4 is 5.56 Å². The Hall–Kier alpha value is -2.30. The first-order chi connectivity index (χ1) is 8.57. The standard InChI is InChI=1S/C13H13NO4/c1-3-18-13(17)10-8-6-4-5-7-9(8)11(15)14(2)12(10)16/h4-7,16H,3H2,1-2H3. The molecule has 0 aliphatic heterocycles. The van der Waals surface area contributed by atoms with Crippen molar-refractivity contribution in [1.82, 2.24) is 4.57 Å². The van der Waals surface area contributed by atoms with Gasteiger partial charge in [0.05, 0.1) is 6.61 Å². The highest BCUT2D eigenvalue weighted by Gasteiger charge is 2.20. The molecule has 0 aliphatic rings. The van der Waals surface area contributed by atoms with Crippen LogP contribution in [0.15, 0.2) is 29.1 Å². The number of ether oxygens (including phenoxy) is 1. The van der Waals surface area contributed by atoms with Crippen molar-refractivity contribution in [1.29, 1.82) is 0 Å². The molecule has 94 valence electrons. The van der Waals surface area contributed by atoms with Crippen LogP contribution in [0.4, 0.5) is 0 Å². The summed E-state index contributed by atoms with van der Waals surface area (Å²) in [5.41, 5.74) is -0.328. The zero-order valence-electron chi connectivity index (χ0n) is 10.1. The van der Waals surface area contributed by atoms with Gasteiger partial charge in [-0.15, -0.1) is 0 Å². The Morgan fingerprint density at radius 2 is 1.94 bits per heavy atom. The van der Waals surface area contributed by atoms with Crippen molar-refractivity contribution in [2.24, 2.45) is 7.05 Å². The lowest BCUT2D eigenvalue weighted by Gasteiger charge is -2.11. The molecule has 0 bridgehead atoms. The molecular weight excluding hydrogens is 234 g/mol. The Morgan fingerprint density at radius 3 is 2.56 bits per heavy atom. The molecule has 0 saturated carbocycles. The highest BCUT2D eigenvalue weighted by atomic mass is 16.5. The minimum Gasteiger partial charge on any atom is -0.494 e. The third kappa shape index (κ3) is 1.73. The Balaban J connectivity index is 2.87. The second-order valence-electron chi connectivity index (χ2n) is 3.83. The number of hydrogen-bond acceptors (Lipinski definition) is 4. The summed E-state index contributed by atoms with van der Waals surface area (Å²) in [6, 6.07) is 6.63. The maximum atomic E-state index is 11.9. The van der Waals surface area contributed by atoms with Crippen LogP contribution >= 0.6 is 0 Å². The second-order valence-corrected chi connectivity index (χ2v) is 3.83. The Labute approximate surface area is 103 Å². The van der Waals surface area contributed by atoms with Crippen LogP contribution in [0, 0.1) is 0 Å². The summed E-state index contributed by atoms with van der Waals surface area (Å²) in [7, 11) is 1.41. The first-order valence-corrected chi connectivity index (χ1v) is 5.55. The van der Waals surface area contributed by atoms with E-state index in [0.29, 0.717) is 10.8 Å². The molecule has 1 aromatic carbocycles. The first kappa shape index (κ1) is 12.2. The third-order valence-electron chi connectivity index (χ3n) is 2.75. The summed E-state index contributed by atoms with van der Waals surface area (Å²) >= 11 is 0. The normalized spacial score (nSPS) is 10.6. The highest BCUT2D eigenvalue weighted by Crippen LogP contribution is 2.24. The van der Waals surface area contributed by atoms with Crippen molar-refractivity contribution in [2.75, 3.05) is 6.61 Å². The number of aromatic hydroxyl groups is 1. The number of fused-ring (bicyclic) bond motifs is 1. The van der Waals surface area contributed by atoms with Gasteiger partial charge >= 0.3 is 5.97 Å². The summed E-state index contributed by atoms with van der Waals surface area (Å²) < 4.78 is 5.93. The molecule has 5 nitrogen and oxygen atoms in total. The Bertz CT molecular complexity index is 672. The van der Waals surface area contributed by atoms with Gasteiger partial charge in [0, 0.05) is 17.8 Å². The zero-order chi connectivity index (χ0) is 13.3. The van der Waals surface area contributed by atoms with E-state index in [1.807, 2.05) is 0 Å². The maximum absolute atomic E-state index is 11.9. The van der Waals surface area contributed by atoms with E-state index < -0.39 is 5.97 Å². The average Bonchev–Trinajstić information content (AvgIpc) is 2.37. The summed E-state index contributed by atoms with van der Waals surface area (Å²) in [5.74, 6) is -1.01. The topological polar surface area (TPSA) is 68.5 Å². The molecule has 2 aromatic rings. The van der Waals surface area contributed by atoms with Crippen LogP contribution in [-0.2, 0) is 11.8 Å². The monoisotopic (exact) mass is 247 g/mol. The first-order valence-electron chi connectivity index (χ1n) is 5.55. The van der Waals surface area contributed by atoms with Gasteiger partial charge in [0.1, 0.15) is 5.56 Å². The SMILES string of the molecule is CCOC(=O)c1c(O)n(C)c(=O)c2ccccc12. The molecule has 1 heterocycles. The minimum atomic E-state index is -0.637. The number of pyridine rings is 1. The van der Waals surface area contributed by atoms with Gasteiger partial charge in [-0.2, -0.15) is 0 Å². The van der Waals surface area contributed by atoms with E-state index in [1.165, 1.54) is 7.05 Å². The molecule has 0 spiro atoms. The molecule has 0 amide bonds. The fourth-order valence-electron chi connectivity index (χ4n) is 1.86. The van der Waals surface area contributed by atoms with Crippen LogP contribution in [0.1, 0.15) is 17.3 Å². The van der Waals surface area contributed by atoms with Gasteiger partial charge in [-0.3, -0.25) is 9.36 Å². The lowest BCUT2D eigenvalue weighted by Crippen LogP contribution is -2.20. The summed E-state index contributed by atoms with van der Waals surface area (Å²) in [4.78, 5) is 23.8. The van der Waals surface area contributed by atoms with E-state index in [4.69, 9.17) is 4.74 Å². The molecule has 0 unspecified atom stereocenters. The van der Waals surface area contributed by atoms with Gasteiger partial charge in [-0.05, 0) is 13.0 Å². The van der Waals surface area contributed by atoms with Crippen LogP contribution in [0.2, 0.25) is 0 Å². The van der Waals surface area contributed by atoms with Gasteiger partial charge in [0.2, 0.25) is 5.88 Å². The summed E-state index contributed by atoms with van der Waals surface area (Å²) in [5, 5.41) is 10.7. The summed E-state index contributed by atoms with van der Waals surface area (Å²) in [6.07, 6.45) is 0. The van der Waals surface area contributed by atoms with E-state index in [0.717, 1.165) is 4.57 Å². The number of hydrogen-bond donors (Lipinski definition) is 1. The van der Waals surface area contributed by atoms with Crippen LogP contribution in [0.5, 0.6) is 5.88 Å². The Kier molecular flexibility index (Phi) is 3.06. The number of benzene rings is 1. The van der Waals surface area contributed by atoms with E-state index in [2.05, 4.69) is 0 Å². The molecule has 0 fully saturated rings. The predicted molar refractivity (Wildman–Crippen MR) is 66.8 cm³/mol. The summed E-state index contributed by atoms with van der Waals surface area (Å²) in [6.45, 7) is 1.88. The zero-order valence-corrected chi connectivity index (χ0v) is 10.1. The van der Waals surface area contributed by atoms with Gasteiger partial charge in [-0.25, -0.2) is 4.79 Å². The van der Waals surface area contributed by atoms with E-state index in [1.54, 1.807) is 31.2 Å². The van der Waals surface area contributed by atoms with Crippen molar-refractivity contribution in [3.63, 3.8) is 0 Å². The molecule has 2 rings (SSSR count). The number of nitrogens with zero attached hydrogens (tertiary/aromatic N) is 1. The van der Waals surface area contributed by atoms with Crippen molar-refractivity contribution < 1.29 is 14.6 Å². The van der Waals surface area contributed by atoms with Crippen LogP contribution in [-0.4, -0.2) is 22.2 Å². The van der Waals surface area contributed by atoms with Gasteiger partial charge in [0.25, 0.3) is 5.56 Å². The average molecular weight is 247 g/mol. The lowest BCUT2D eigenvalue weighted by molar-refractivity contribution is 0.0524. The minimum absolute atomic E-state index is 0.0227. The predicted octanol–water partition coefficient (Wildman–Crippen LogP) is 1.42. The molecule has 1 N–H and O–H groups in total. The fourth-order valence-corrected chi connectivity index (χ4v) is 1.86. The van der Waals surface area contributed by atoms with E-state index >= 15 is 0 Å². The lowest BCUT2D eigenvalue weighted by atomic mass is 10.1. The molecular formula is C13H13NO4. The molecule has 0 saturated heterocycles. The largest absolute Gasteiger partial charge is 0.494 e. The quantitative estimate of drug-likeness (QED) is 0.815. The number of carbonyl (C=O) groups excluding carboxylic acids is 1. The number of aromatic nitrogens is 1. The second kappa shape index (κ2) is 4.52. The molecule has 1 aromatic heterocycles. The Morgan fingerprint density at radius 1 is 1.33 bits per heavy atom. The molecule has 0 radical (unpaired) electrons. The third-order valence-corrected chi connectivity index (χ3v) is 2.75. The fraction of sp³-hybridized carbons (Fsp3) is 0.231. The van der Waals surface area contributed by atoms with Crippen molar-refractivity contribution in [3.8, 4) is 5.88 Å². The maximum Gasteiger partial charge on any atom is 0.344 e.